The fraction of sp³-hybridized carbons (Fsp3) is 0.0909. The maximum Gasteiger partial charge on any atom is 0.328 e. The summed E-state index contributed by atoms with van der Waals surface area (Å²) in [6.07, 6.45) is 2.50. The molecule has 0 aliphatic heterocycles. The molecule has 2 rings (SSSR count). The van der Waals surface area contributed by atoms with E-state index in [0.717, 1.165) is 22.7 Å². The summed E-state index contributed by atoms with van der Waals surface area (Å²) < 4.78 is 0. The van der Waals surface area contributed by atoms with E-state index in [2.05, 4.69) is 9.97 Å². The van der Waals surface area contributed by atoms with E-state index in [1.165, 1.54) is 6.08 Å². The van der Waals surface area contributed by atoms with E-state index in [1.807, 2.05) is 25.1 Å². The molecule has 0 aliphatic rings. The summed E-state index contributed by atoms with van der Waals surface area (Å²) in [6, 6.07) is 5.85. The zero-order chi connectivity index (χ0) is 10.8. The summed E-state index contributed by atoms with van der Waals surface area (Å²) in [7, 11) is 0. The van der Waals surface area contributed by atoms with E-state index < -0.39 is 5.97 Å². The van der Waals surface area contributed by atoms with E-state index in [-0.39, 0.29) is 0 Å². The first-order valence-corrected chi connectivity index (χ1v) is 4.52. The number of carboxylic acid groups (broad SMARTS) is 1. The molecule has 4 nitrogen and oxygen atoms in total. The van der Waals surface area contributed by atoms with E-state index in [1.54, 1.807) is 0 Å². The average molecular weight is 202 g/mol. The Morgan fingerprint density at radius 3 is 3.07 bits per heavy atom. The summed E-state index contributed by atoms with van der Waals surface area (Å²) in [5, 5.41) is 8.47. The highest BCUT2D eigenvalue weighted by Crippen LogP contribution is 2.13. The Kier molecular flexibility index (Phi) is 2.25. The standard InChI is InChI=1S/C11H10N2O2/c1-7-2-3-8-9(6-7)13-10(12-8)4-5-11(14)15/h2-6H,1H3,(H,12,13)(H,14,15). The van der Waals surface area contributed by atoms with Gasteiger partial charge in [-0.2, -0.15) is 0 Å². The van der Waals surface area contributed by atoms with Crippen LogP contribution in [0.25, 0.3) is 17.1 Å². The molecular formula is C11H10N2O2. The van der Waals surface area contributed by atoms with Crippen LogP contribution in [0.5, 0.6) is 0 Å². The number of aromatic amines is 1. The normalized spacial score (nSPS) is 11.3. The Balaban J connectivity index is 2.43. The van der Waals surface area contributed by atoms with Crippen molar-refractivity contribution in [1.29, 1.82) is 0 Å². The number of H-pyrrole nitrogens is 1. The summed E-state index contributed by atoms with van der Waals surface area (Å²) in [4.78, 5) is 17.6. The molecule has 0 amide bonds. The van der Waals surface area contributed by atoms with Crippen LogP contribution in [0.2, 0.25) is 0 Å². The van der Waals surface area contributed by atoms with E-state index >= 15 is 0 Å². The summed E-state index contributed by atoms with van der Waals surface area (Å²) >= 11 is 0. The van der Waals surface area contributed by atoms with Gasteiger partial charge in [0.1, 0.15) is 5.82 Å². The van der Waals surface area contributed by atoms with Gasteiger partial charge in [-0.25, -0.2) is 9.78 Å². The largest absolute Gasteiger partial charge is 0.478 e. The van der Waals surface area contributed by atoms with Crippen LogP contribution in [-0.2, 0) is 4.79 Å². The third kappa shape index (κ3) is 2.04. The SMILES string of the molecule is Cc1ccc2[nH]c(C=CC(=O)O)nc2c1. The van der Waals surface area contributed by atoms with E-state index in [9.17, 15) is 4.79 Å². The van der Waals surface area contributed by atoms with Crippen molar-refractivity contribution in [3.63, 3.8) is 0 Å². The Morgan fingerprint density at radius 1 is 1.53 bits per heavy atom. The molecule has 1 aromatic heterocycles. The maximum absolute atomic E-state index is 10.3. The summed E-state index contributed by atoms with van der Waals surface area (Å²) in [5.74, 6) is -0.426. The van der Waals surface area contributed by atoms with Crippen LogP contribution < -0.4 is 0 Å². The van der Waals surface area contributed by atoms with Gasteiger partial charge in [-0.05, 0) is 30.7 Å². The second-order valence-electron chi connectivity index (χ2n) is 3.31. The van der Waals surface area contributed by atoms with Crippen LogP contribution in [0.4, 0.5) is 0 Å². The van der Waals surface area contributed by atoms with E-state index in [4.69, 9.17) is 5.11 Å². The van der Waals surface area contributed by atoms with Gasteiger partial charge in [-0.3, -0.25) is 0 Å². The molecule has 0 bridgehead atoms. The number of hydrogen-bond donors (Lipinski definition) is 2. The topological polar surface area (TPSA) is 66.0 Å². The van der Waals surface area contributed by atoms with Crippen LogP contribution in [-0.4, -0.2) is 21.0 Å². The van der Waals surface area contributed by atoms with Crippen molar-refractivity contribution >= 4 is 23.1 Å². The number of hydrogen-bond acceptors (Lipinski definition) is 2. The molecule has 0 spiro atoms. The maximum atomic E-state index is 10.3. The highest BCUT2D eigenvalue weighted by Gasteiger charge is 1.99. The van der Waals surface area contributed by atoms with Crippen molar-refractivity contribution in [3.8, 4) is 0 Å². The lowest BCUT2D eigenvalue weighted by Crippen LogP contribution is -1.86. The van der Waals surface area contributed by atoms with Gasteiger partial charge in [0.15, 0.2) is 0 Å². The zero-order valence-electron chi connectivity index (χ0n) is 8.19. The Labute approximate surface area is 86.3 Å². The van der Waals surface area contributed by atoms with Crippen LogP contribution in [0.15, 0.2) is 24.3 Å². The van der Waals surface area contributed by atoms with Gasteiger partial charge >= 0.3 is 5.97 Å². The van der Waals surface area contributed by atoms with E-state index in [0.29, 0.717) is 5.82 Å². The number of carboxylic acids is 1. The molecule has 1 heterocycles. The molecule has 0 unspecified atom stereocenters. The van der Waals surface area contributed by atoms with Crippen molar-refractivity contribution in [1.82, 2.24) is 9.97 Å². The fourth-order valence-electron chi connectivity index (χ4n) is 1.36. The molecule has 2 N–H and O–H groups in total. The molecule has 1 aromatic carbocycles. The van der Waals surface area contributed by atoms with Crippen molar-refractivity contribution in [2.75, 3.05) is 0 Å². The molecule has 4 heteroatoms. The molecular weight excluding hydrogens is 192 g/mol. The molecule has 76 valence electrons. The number of benzene rings is 1. The van der Waals surface area contributed by atoms with Crippen molar-refractivity contribution < 1.29 is 9.90 Å². The number of nitrogens with one attached hydrogen (secondary N) is 1. The third-order valence-corrected chi connectivity index (χ3v) is 2.04. The van der Waals surface area contributed by atoms with Crippen LogP contribution in [0.3, 0.4) is 0 Å². The smallest absolute Gasteiger partial charge is 0.328 e. The third-order valence-electron chi connectivity index (χ3n) is 2.04. The number of nitrogens with zero attached hydrogens (tertiary/aromatic N) is 1. The first-order valence-electron chi connectivity index (χ1n) is 4.52. The van der Waals surface area contributed by atoms with Gasteiger partial charge in [0.2, 0.25) is 0 Å². The minimum atomic E-state index is -0.980. The highest BCUT2D eigenvalue weighted by molar-refractivity contribution is 5.85. The van der Waals surface area contributed by atoms with Crippen molar-refractivity contribution in [3.05, 3.63) is 35.7 Å². The van der Waals surface area contributed by atoms with Gasteiger partial charge < -0.3 is 10.1 Å². The number of aromatic nitrogens is 2. The highest BCUT2D eigenvalue weighted by atomic mass is 16.4. The molecule has 15 heavy (non-hydrogen) atoms. The molecule has 0 aliphatic carbocycles. The van der Waals surface area contributed by atoms with Gasteiger partial charge in [-0.15, -0.1) is 0 Å². The number of aliphatic carboxylic acids is 1. The second-order valence-corrected chi connectivity index (χ2v) is 3.31. The monoisotopic (exact) mass is 202 g/mol. The number of imidazole rings is 1. The lowest BCUT2D eigenvalue weighted by molar-refractivity contribution is -0.131. The fourth-order valence-corrected chi connectivity index (χ4v) is 1.36. The number of carbonyl (C=O) groups is 1. The summed E-state index contributed by atoms with van der Waals surface area (Å²) in [5.41, 5.74) is 2.88. The van der Waals surface area contributed by atoms with Gasteiger partial charge in [-0.1, -0.05) is 6.07 Å². The lowest BCUT2D eigenvalue weighted by Gasteiger charge is -1.88. The molecule has 0 saturated heterocycles. The molecule has 2 aromatic rings. The number of aryl methyl sites for hydroxylation is 1. The first-order chi connectivity index (χ1) is 7.15. The van der Waals surface area contributed by atoms with Gasteiger partial charge in [0.25, 0.3) is 0 Å². The minimum absolute atomic E-state index is 0.554. The van der Waals surface area contributed by atoms with Crippen molar-refractivity contribution in [2.45, 2.75) is 6.92 Å². The van der Waals surface area contributed by atoms with Crippen LogP contribution in [0.1, 0.15) is 11.4 Å². The molecule has 0 radical (unpaired) electrons. The van der Waals surface area contributed by atoms with Gasteiger partial charge in [0.05, 0.1) is 11.0 Å². The second kappa shape index (κ2) is 3.57. The number of rotatable bonds is 2. The predicted octanol–water partition coefficient (Wildman–Crippen LogP) is 1.97. The zero-order valence-corrected chi connectivity index (χ0v) is 8.19. The Hall–Kier alpha value is -2.10. The lowest BCUT2D eigenvalue weighted by atomic mass is 10.2. The minimum Gasteiger partial charge on any atom is -0.478 e. The first kappa shape index (κ1) is 9.45. The van der Waals surface area contributed by atoms with Gasteiger partial charge in [0, 0.05) is 6.08 Å². The molecule has 0 atom stereocenters. The summed E-state index contributed by atoms with van der Waals surface area (Å²) in [6.45, 7) is 1.99. The molecule has 0 fully saturated rings. The molecule has 0 saturated carbocycles. The Bertz CT molecular complexity index is 541. The predicted molar refractivity (Wildman–Crippen MR) is 57.5 cm³/mol. The quantitative estimate of drug-likeness (QED) is 0.731. The van der Waals surface area contributed by atoms with Crippen LogP contribution in [0, 0.1) is 6.92 Å². The number of fused-ring (bicyclic) bond motifs is 1. The van der Waals surface area contributed by atoms with Crippen LogP contribution >= 0.6 is 0 Å². The van der Waals surface area contributed by atoms with Crippen molar-refractivity contribution in [2.24, 2.45) is 0 Å². The average Bonchev–Trinajstić information content (AvgIpc) is 2.56. The Morgan fingerprint density at radius 2 is 2.33 bits per heavy atom.